The minimum absolute atomic E-state index is 0.0780. The van der Waals surface area contributed by atoms with E-state index in [-0.39, 0.29) is 18.2 Å². The molecule has 9 nitrogen and oxygen atoms in total. The molecule has 0 aromatic carbocycles. The molecule has 4 atom stereocenters. The van der Waals surface area contributed by atoms with Crippen molar-refractivity contribution in [3.63, 3.8) is 0 Å². The van der Waals surface area contributed by atoms with Crippen LogP contribution in [0.15, 0.2) is 0 Å². The first-order chi connectivity index (χ1) is 12.5. The average molecular weight is 382 g/mol. The third kappa shape index (κ3) is 5.51. The fourth-order valence-corrected chi connectivity index (χ4v) is 2.84. The van der Waals surface area contributed by atoms with Gasteiger partial charge in [0.05, 0.1) is 0 Å². The lowest BCUT2D eigenvalue weighted by Crippen LogP contribution is -2.57. The molecule has 1 rings (SSSR count). The third-order valence-corrected chi connectivity index (χ3v) is 4.53. The highest BCUT2D eigenvalue weighted by Gasteiger charge is 2.41. The van der Waals surface area contributed by atoms with Gasteiger partial charge in [-0.3, -0.25) is 28.9 Å². The molecule has 0 spiro atoms. The Morgan fingerprint density at radius 3 is 2.07 bits per heavy atom. The fraction of sp³-hybridized carbons (Fsp3) is 0.722. The van der Waals surface area contributed by atoms with Crippen LogP contribution in [-0.4, -0.2) is 59.1 Å². The number of amides is 5. The van der Waals surface area contributed by atoms with Crippen LogP contribution in [0.25, 0.3) is 0 Å². The fourth-order valence-electron chi connectivity index (χ4n) is 2.84. The number of rotatable bonds is 8. The summed E-state index contributed by atoms with van der Waals surface area (Å²) in [6.45, 7) is 10.4. The predicted molar refractivity (Wildman–Crippen MR) is 98.2 cm³/mol. The average Bonchev–Trinajstić information content (AvgIpc) is 2.83. The standard InChI is InChI=1S/C18H30N4O5/c1-7-19-15(24)11(5)20-17(26)14(9(2)3)21-16(25)12(6)22-13(23)8-10(4)18(22)27/h9-12,14H,7-8H2,1-6H3,(H,19,24)(H,20,26)(H,21,25)/t10?,11-,12-,14-/m0/s1. The van der Waals surface area contributed by atoms with Crippen LogP contribution in [0.3, 0.4) is 0 Å². The van der Waals surface area contributed by atoms with Crippen molar-refractivity contribution in [1.82, 2.24) is 20.9 Å². The molecule has 5 amide bonds. The maximum absolute atomic E-state index is 12.6. The molecular formula is C18H30N4O5. The Bertz CT molecular complexity index is 619. The Kier molecular flexibility index (Phi) is 7.93. The van der Waals surface area contributed by atoms with E-state index in [4.69, 9.17) is 0 Å². The van der Waals surface area contributed by atoms with Crippen LogP contribution >= 0.6 is 0 Å². The SMILES string of the molecule is CCNC(=O)[C@H](C)NC(=O)[C@@H](NC(=O)[C@H](C)N1C(=O)CC(C)C1=O)C(C)C. The van der Waals surface area contributed by atoms with Gasteiger partial charge in [0.25, 0.3) is 0 Å². The predicted octanol–water partition coefficient (Wildman–Crippen LogP) is -0.448. The molecule has 0 aliphatic carbocycles. The van der Waals surface area contributed by atoms with E-state index in [1.54, 1.807) is 34.6 Å². The van der Waals surface area contributed by atoms with Crippen molar-refractivity contribution in [3.05, 3.63) is 0 Å². The molecule has 0 aromatic rings. The number of carbonyl (C=O) groups is 5. The van der Waals surface area contributed by atoms with E-state index in [1.807, 2.05) is 0 Å². The topological polar surface area (TPSA) is 125 Å². The highest BCUT2D eigenvalue weighted by molar-refractivity contribution is 6.07. The second kappa shape index (κ2) is 9.48. The zero-order chi connectivity index (χ0) is 20.9. The van der Waals surface area contributed by atoms with Gasteiger partial charge in [0.15, 0.2) is 0 Å². The second-order valence-corrected chi connectivity index (χ2v) is 7.24. The van der Waals surface area contributed by atoms with Crippen LogP contribution in [0, 0.1) is 11.8 Å². The van der Waals surface area contributed by atoms with E-state index >= 15 is 0 Å². The van der Waals surface area contributed by atoms with Crippen LogP contribution in [0.2, 0.25) is 0 Å². The molecule has 1 heterocycles. The summed E-state index contributed by atoms with van der Waals surface area (Å²) in [5.74, 6) is -2.91. The van der Waals surface area contributed by atoms with Gasteiger partial charge in [-0.25, -0.2) is 0 Å². The van der Waals surface area contributed by atoms with Crippen LogP contribution in [0.1, 0.15) is 48.0 Å². The van der Waals surface area contributed by atoms with Gasteiger partial charge in [-0.05, 0) is 26.7 Å². The van der Waals surface area contributed by atoms with Gasteiger partial charge in [-0.2, -0.15) is 0 Å². The van der Waals surface area contributed by atoms with Crippen molar-refractivity contribution in [2.75, 3.05) is 6.54 Å². The third-order valence-electron chi connectivity index (χ3n) is 4.53. The van der Waals surface area contributed by atoms with E-state index in [2.05, 4.69) is 16.0 Å². The monoisotopic (exact) mass is 382 g/mol. The van der Waals surface area contributed by atoms with Crippen LogP contribution in [0.5, 0.6) is 0 Å². The second-order valence-electron chi connectivity index (χ2n) is 7.24. The maximum atomic E-state index is 12.6. The Hall–Kier alpha value is -2.45. The van der Waals surface area contributed by atoms with E-state index < -0.39 is 47.7 Å². The highest BCUT2D eigenvalue weighted by atomic mass is 16.2. The largest absolute Gasteiger partial charge is 0.355 e. The molecule has 1 aliphatic rings. The Morgan fingerprint density at radius 2 is 1.63 bits per heavy atom. The van der Waals surface area contributed by atoms with E-state index in [9.17, 15) is 24.0 Å². The smallest absolute Gasteiger partial charge is 0.243 e. The summed E-state index contributed by atoms with van der Waals surface area (Å²) >= 11 is 0. The molecule has 3 N–H and O–H groups in total. The van der Waals surface area contributed by atoms with Crippen LogP contribution in [-0.2, 0) is 24.0 Å². The van der Waals surface area contributed by atoms with Crippen molar-refractivity contribution in [2.24, 2.45) is 11.8 Å². The molecule has 1 unspecified atom stereocenters. The van der Waals surface area contributed by atoms with Gasteiger partial charge in [0.1, 0.15) is 18.1 Å². The van der Waals surface area contributed by atoms with Crippen molar-refractivity contribution in [3.8, 4) is 0 Å². The first-order valence-corrected chi connectivity index (χ1v) is 9.25. The number of imide groups is 1. The van der Waals surface area contributed by atoms with Crippen LogP contribution in [0.4, 0.5) is 0 Å². The molecule has 1 saturated heterocycles. The number of carbonyl (C=O) groups excluding carboxylic acids is 5. The quantitative estimate of drug-likeness (QED) is 0.491. The maximum Gasteiger partial charge on any atom is 0.243 e. The summed E-state index contributed by atoms with van der Waals surface area (Å²) in [5, 5.41) is 7.77. The molecular weight excluding hydrogens is 352 g/mol. The number of hydrogen-bond acceptors (Lipinski definition) is 5. The first kappa shape index (κ1) is 22.6. The number of hydrogen-bond donors (Lipinski definition) is 3. The lowest BCUT2D eigenvalue weighted by molar-refractivity contribution is -0.147. The normalized spacial score (nSPS) is 20.3. The molecule has 0 saturated carbocycles. The summed E-state index contributed by atoms with van der Waals surface area (Å²) in [4.78, 5) is 61.9. The zero-order valence-corrected chi connectivity index (χ0v) is 16.8. The summed E-state index contributed by atoms with van der Waals surface area (Å²) in [7, 11) is 0. The summed E-state index contributed by atoms with van der Waals surface area (Å²) < 4.78 is 0. The van der Waals surface area contributed by atoms with Crippen molar-refractivity contribution in [2.45, 2.75) is 66.1 Å². The van der Waals surface area contributed by atoms with E-state index in [0.717, 1.165) is 4.90 Å². The number of likely N-dealkylation sites (N-methyl/N-ethyl adjacent to an activating group) is 1. The number of likely N-dealkylation sites (tertiary alicyclic amines) is 1. The van der Waals surface area contributed by atoms with Crippen LogP contribution < -0.4 is 16.0 Å². The Balaban J connectivity index is 2.80. The number of nitrogens with zero attached hydrogens (tertiary/aromatic N) is 1. The van der Waals surface area contributed by atoms with Crippen molar-refractivity contribution >= 4 is 29.5 Å². The van der Waals surface area contributed by atoms with Crippen molar-refractivity contribution < 1.29 is 24.0 Å². The van der Waals surface area contributed by atoms with Gasteiger partial charge in [-0.15, -0.1) is 0 Å². The minimum atomic E-state index is -1.01. The molecule has 0 radical (unpaired) electrons. The summed E-state index contributed by atoms with van der Waals surface area (Å²) in [6.07, 6.45) is 0.0780. The first-order valence-electron chi connectivity index (χ1n) is 9.25. The van der Waals surface area contributed by atoms with Gasteiger partial charge in [0, 0.05) is 18.9 Å². The van der Waals surface area contributed by atoms with Crippen molar-refractivity contribution in [1.29, 1.82) is 0 Å². The molecule has 0 bridgehead atoms. The Morgan fingerprint density at radius 1 is 1.04 bits per heavy atom. The summed E-state index contributed by atoms with van der Waals surface area (Å²) in [6, 6.07) is -2.66. The van der Waals surface area contributed by atoms with E-state index in [1.165, 1.54) is 6.92 Å². The zero-order valence-electron chi connectivity index (χ0n) is 16.8. The molecule has 1 aliphatic heterocycles. The molecule has 27 heavy (non-hydrogen) atoms. The summed E-state index contributed by atoms with van der Waals surface area (Å²) in [5.41, 5.74) is 0. The lowest BCUT2D eigenvalue weighted by atomic mass is 10.0. The van der Waals surface area contributed by atoms with Gasteiger partial charge >= 0.3 is 0 Å². The molecule has 9 heteroatoms. The lowest BCUT2D eigenvalue weighted by Gasteiger charge is -2.27. The van der Waals surface area contributed by atoms with Gasteiger partial charge in [0.2, 0.25) is 29.5 Å². The van der Waals surface area contributed by atoms with Gasteiger partial charge in [-0.1, -0.05) is 20.8 Å². The Labute approximate surface area is 159 Å². The molecule has 1 fully saturated rings. The number of nitrogens with one attached hydrogen (secondary N) is 3. The molecule has 0 aromatic heterocycles. The highest BCUT2D eigenvalue weighted by Crippen LogP contribution is 2.21. The van der Waals surface area contributed by atoms with Gasteiger partial charge < -0.3 is 16.0 Å². The van der Waals surface area contributed by atoms with E-state index in [0.29, 0.717) is 6.54 Å². The minimum Gasteiger partial charge on any atom is -0.355 e. The molecule has 152 valence electrons.